The van der Waals surface area contributed by atoms with E-state index in [1.165, 1.54) is 0 Å². The summed E-state index contributed by atoms with van der Waals surface area (Å²) in [5, 5.41) is 4.66. The van der Waals surface area contributed by atoms with Gasteiger partial charge in [-0.25, -0.2) is 4.79 Å². The van der Waals surface area contributed by atoms with Crippen molar-refractivity contribution in [3.8, 4) is 0 Å². The molecule has 0 aliphatic carbocycles. The quantitative estimate of drug-likeness (QED) is 0.447. The lowest BCUT2D eigenvalue weighted by molar-refractivity contribution is 0.0575. The van der Waals surface area contributed by atoms with Gasteiger partial charge in [0, 0.05) is 33.3 Å². The van der Waals surface area contributed by atoms with E-state index in [1.54, 1.807) is 11.0 Å². The molecule has 0 bridgehead atoms. The molecule has 1 N–H and O–H groups in total. The molecule has 0 fully saturated rings. The standard InChI is InChI=1S/C22H27BrCl2N2O2/c1-15(12-26-13-16-5-8-18(24)11-20(16)25)14-27(21(28)29-22(2,3)4)19-9-6-17(23)7-10-19/h5-11,15,26H,12-14H2,1-4H3. The first-order valence-corrected chi connectivity index (χ1v) is 11.0. The summed E-state index contributed by atoms with van der Waals surface area (Å²) in [5.41, 5.74) is 1.23. The molecule has 0 heterocycles. The minimum absolute atomic E-state index is 0.192. The van der Waals surface area contributed by atoms with Gasteiger partial charge in [-0.15, -0.1) is 0 Å². The van der Waals surface area contributed by atoms with Crippen molar-refractivity contribution in [2.24, 2.45) is 5.92 Å². The van der Waals surface area contributed by atoms with Gasteiger partial charge in [-0.05, 0) is 75.2 Å². The lowest BCUT2D eigenvalue weighted by Gasteiger charge is -2.29. The number of nitrogens with one attached hydrogen (secondary N) is 1. The fourth-order valence-corrected chi connectivity index (χ4v) is 3.46. The van der Waals surface area contributed by atoms with E-state index in [9.17, 15) is 4.79 Å². The van der Waals surface area contributed by atoms with Crippen molar-refractivity contribution in [1.82, 2.24) is 5.32 Å². The fourth-order valence-electron chi connectivity index (χ4n) is 2.72. The molecule has 4 nitrogen and oxygen atoms in total. The van der Waals surface area contributed by atoms with Crippen LogP contribution in [0.4, 0.5) is 10.5 Å². The van der Waals surface area contributed by atoms with Crippen molar-refractivity contribution in [3.63, 3.8) is 0 Å². The second-order valence-corrected chi connectivity index (χ2v) is 9.80. The van der Waals surface area contributed by atoms with Gasteiger partial charge in [-0.3, -0.25) is 4.90 Å². The van der Waals surface area contributed by atoms with Crippen LogP contribution in [0.25, 0.3) is 0 Å². The summed E-state index contributed by atoms with van der Waals surface area (Å²) in [6, 6.07) is 13.1. The van der Waals surface area contributed by atoms with Gasteiger partial charge < -0.3 is 10.1 Å². The number of hydrogen-bond acceptors (Lipinski definition) is 3. The van der Waals surface area contributed by atoms with Gasteiger partial charge in [-0.2, -0.15) is 0 Å². The summed E-state index contributed by atoms with van der Waals surface area (Å²) in [4.78, 5) is 14.5. The Morgan fingerprint density at radius 2 is 1.83 bits per heavy atom. The van der Waals surface area contributed by atoms with E-state index < -0.39 is 5.60 Å². The van der Waals surface area contributed by atoms with Gasteiger partial charge in [0.25, 0.3) is 0 Å². The maximum absolute atomic E-state index is 12.8. The second kappa shape index (κ2) is 10.7. The third-order valence-corrected chi connectivity index (χ3v) is 5.19. The molecule has 0 saturated heterocycles. The van der Waals surface area contributed by atoms with Gasteiger partial charge >= 0.3 is 6.09 Å². The summed E-state index contributed by atoms with van der Waals surface area (Å²) in [5.74, 6) is 0.192. The molecule has 0 spiro atoms. The van der Waals surface area contributed by atoms with Gasteiger partial charge in [0.2, 0.25) is 0 Å². The average molecular weight is 502 g/mol. The smallest absolute Gasteiger partial charge is 0.414 e. The molecule has 2 aromatic rings. The van der Waals surface area contributed by atoms with Crippen molar-refractivity contribution >= 4 is 50.9 Å². The minimum Gasteiger partial charge on any atom is -0.443 e. The predicted molar refractivity (Wildman–Crippen MR) is 125 cm³/mol. The summed E-state index contributed by atoms with van der Waals surface area (Å²) in [6.45, 7) is 9.56. The molecule has 0 aromatic heterocycles. The first kappa shape index (κ1) is 24.0. The van der Waals surface area contributed by atoms with Crippen LogP contribution in [0.5, 0.6) is 0 Å². The molecule has 2 rings (SSSR count). The van der Waals surface area contributed by atoms with Crippen molar-refractivity contribution in [2.75, 3.05) is 18.0 Å². The van der Waals surface area contributed by atoms with E-state index in [2.05, 4.69) is 28.2 Å². The Hall–Kier alpha value is -1.27. The van der Waals surface area contributed by atoms with Crippen LogP contribution in [-0.2, 0) is 11.3 Å². The summed E-state index contributed by atoms with van der Waals surface area (Å²) in [7, 11) is 0. The number of ether oxygens (including phenoxy) is 1. The molecular formula is C22H27BrCl2N2O2. The number of halogens is 3. The van der Waals surface area contributed by atoms with Crippen LogP contribution < -0.4 is 10.2 Å². The number of anilines is 1. The molecule has 0 radical (unpaired) electrons. The average Bonchev–Trinajstić information content (AvgIpc) is 2.61. The maximum Gasteiger partial charge on any atom is 0.414 e. The number of rotatable bonds is 7. The van der Waals surface area contributed by atoms with E-state index in [0.717, 1.165) is 22.3 Å². The third-order valence-electron chi connectivity index (χ3n) is 4.07. The molecule has 0 aliphatic heterocycles. The van der Waals surface area contributed by atoms with Crippen molar-refractivity contribution in [1.29, 1.82) is 0 Å². The zero-order valence-electron chi connectivity index (χ0n) is 17.1. The zero-order valence-corrected chi connectivity index (χ0v) is 20.2. The Kier molecular flexibility index (Phi) is 8.83. The highest BCUT2D eigenvalue weighted by atomic mass is 79.9. The van der Waals surface area contributed by atoms with Gasteiger partial charge in [0.1, 0.15) is 5.60 Å². The molecule has 1 amide bonds. The number of carbonyl (C=O) groups is 1. The van der Waals surface area contributed by atoms with E-state index in [1.807, 2.05) is 57.2 Å². The molecule has 1 atom stereocenters. The largest absolute Gasteiger partial charge is 0.443 e. The van der Waals surface area contributed by atoms with Crippen molar-refractivity contribution in [3.05, 3.63) is 62.5 Å². The first-order valence-electron chi connectivity index (χ1n) is 9.46. The van der Waals surface area contributed by atoms with E-state index >= 15 is 0 Å². The SMILES string of the molecule is CC(CNCc1ccc(Cl)cc1Cl)CN(C(=O)OC(C)(C)C)c1ccc(Br)cc1. The van der Waals surface area contributed by atoms with Crippen molar-refractivity contribution < 1.29 is 9.53 Å². The van der Waals surface area contributed by atoms with Crippen LogP contribution in [0.1, 0.15) is 33.3 Å². The van der Waals surface area contributed by atoms with Gasteiger partial charge in [0.05, 0.1) is 0 Å². The normalized spacial score (nSPS) is 12.5. The molecular weight excluding hydrogens is 475 g/mol. The first-order chi connectivity index (χ1) is 13.5. The minimum atomic E-state index is -0.558. The lowest BCUT2D eigenvalue weighted by atomic mass is 10.1. The maximum atomic E-state index is 12.8. The Morgan fingerprint density at radius 1 is 1.17 bits per heavy atom. The molecule has 0 aliphatic rings. The van der Waals surface area contributed by atoms with Crippen LogP contribution in [0, 0.1) is 5.92 Å². The molecule has 2 aromatic carbocycles. The number of benzene rings is 2. The molecule has 7 heteroatoms. The van der Waals surface area contributed by atoms with Crippen molar-refractivity contribution in [2.45, 2.75) is 39.8 Å². The number of carbonyl (C=O) groups excluding carboxylic acids is 1. The fraction of sp³-hybridized carbons (Fsp3) is 0.409. The number of amides is 1. The zero-order chi connectivity index (χ0) is 21.6. The predicted octanol–water partition coefficient (Wildman–Crippen LogP) is 6.92. The highest BCUT2D eigenvalue weighted by molar-refractivity contribution is 9.10. The molecule has 1 unspecified atom stereocenters. The van der Waals surface area contributed by atoms with E-state index in [0.29, 0.717) is 23.1 Å². The van der Waals surface area contributed by atoms with Crippen LogP contribution in [0.2, 0.25) is 10.0 Å². The summed E-state index contributed by atoms with van der Waals surface area (Å²) < 4.78 is 6.57. The second-order valence-electron chi connectivity index (χ2n) is 8.04. The monoisotopic (exact) mass is 500 g/mol. The van der Waals surface area contributed by atoms with Gasteiger partial charge in [0.15, 0.2) is 0 Å². The third kappa shape index (κ3) is 8.17. The molecule has 158 valence electrons. The Labute approximate surface area is 191 Å². The highest BCUT2D eigenvalue weighted by Crippen LogP contribution is 2.23. The van der Waals surface area contributed by atoms with Crippen LogP contribution in [-0.4, -0.2) is 24.8 Å². The topological polar surface area (TPSA) is 41.6 Å². The lowest BCUT2D eigenvalue weighted by Crippen LogP contribution is -2.41. The summed E-state index contributed by atoms with van der Waals surface area (Å²) >= 11 is 15.6. The van der Waals surface area contributed by atoms with E-state index in [4.69, 9.17) is 27.9 Å². The van der Waals surface area contributed by atoms with Crippen LogP contribution in [0.15, 0.2) is 46.9 Å². The van der Waals surface area contributed by atoms with E-state index in [-0.39, 0.29) is 12.0 Å². The highest BCUT2D eigenvalue weighted by Gasteiger charge is 2.24. The summed E-state index contributed by atoms with van der Waals surface area (Å²) in [6.07, 6.45) is -0.354. The van der Waals surface area contributed by atoms with Gasteiger partial charge in [-0.1, -0.05) is 52.1 Å². The van der Waals surface area contributed by atoms with Crippen LogP contribution >= 0.6 is 39.1 Å². The molecule has 29 heavy (non-hydrogen) atoms. The van der Waals surface area contributed by atoms with Crippen LogP contribution in [0.3, 0.4) is 0 Å². The number of hydrogen-bond donors (Lipinski definition) is 1. The molecule has 0 saturated carbocycles. The Bertz CT molecular complexity index is 823. The Morgan fingerprint density at radius 3 is 2.41 bits per heavy atom. The Balaban J connectivity index is 2.01. The number of nitrogens with zero attached hydrogens (tertiary/aromatic N) is 1.